The summed E-state index contributed by atoms with van der Waals surface area (Å²) < 4.78 is 5.91. The van der Waals surface area contributed by atoms with Gasteiger partial charge >= 0.3 is 5.97 Å². The summed E-state index contributed by atoms with van der Waals surface area (Å²) in [6.07, 6.45) is 49.8. The number of unbranched alkanes of at least 4 members (excludes halogenated alkanes) is 32. The van der Waals surface area contributed by atoms with Gasteiger partial charge in [0, 0.05) is 6.42 Å². The highest BCUT2D eigenvalue weighted by molar-refractivity contribution is 5.77. The lowest BCUT2D eigenvalue weighted by molar-refractivity contribution is -0.151. The minimum absolute atomic E-state index is 0.0783. The number of allylic oxidation sites excluding steroid dienone is 2. The van der Waals surface area contributed by atoms with Gasteiger partial charge in [-0.05, 0) is 51.4 Å². The average Bonchev–Trinajstić information content (AvgIpc) is 3.20. The lowest BCUT2D eigenvalue weighted by Crippen LogP contribution is -2.46. The van der Waals surface area contributed by atoms with Crippen molar-refractivity contribution in [2.24, 2.45) is 0 Å². The van der Waals surface area contributed by atoms with Crippen LogP contribution in [-0.2, 0) is 14.3 Å². The predicted octanol–water partition coefficient (Wildman–Crippen LogP) is 15.0. The normalized spacial score (nSPS) is 13.3. The summed E-state index contributed by atoms with van der Waals surface area (Å²) >= 11 is 0. The molecule has 0 aromatic carbocycles. The van der Waals surface area contributed by atoms with Crippen LogP contribution in [0.2, 0.25) is 0 Å². The van der Waals surface area contributed by atoms with Crippen LogP contribution in [-0.4, -0.2) is 46.9 Å². The van der Waals surface area contributed by atoms with Gasteiger partial charge in [0.15, 0.2) is 0 Å². The number of aliphatic hydroxyl groups is 2. The number of carbonyl (C=O) groups is 2. The van der Waals surface area contributed by atoms with Crippen LogP contribution < -0.4 is 5.32 Å². The fourth-order valence-electron chi connectivity index (χ4n) is 7.96. The Morgan fingerprint density at radius 1 is 0.491 bits per heavy atom. The maximum absolute atomic E-state index is 13.2. The number of amides is 1. The van der Waals surface area contributed by atoms with Crippen molar-refractivity contribution in [3.8, 4) is 0 Å². The minimum Gasteiger partial charge on any atom is -0.462 e. The van der Waals surface area contributed by atoms with Gasteiger partial charge in [0.1, 0.15) is 6.10 Å². The molecule has 0 rings (SSSR count). The molecule has 0 saturated heterocycles. The highest BCUT2D eigenvalue weighted by atomic mass is 16.5. The molecule has 3 atom stereocenters. The van der Waals surface area contributed by atoms with Crippen LogP contribution in [0, 0.1) is 0 Å². The van der Waals surface area contributed by atoms with Gasteiger partial charge < -0.3 is 20.3 Å². The van der Waals surface area contributed by atoms with Crippen LogP contribution >= 0.6 is 0 Å². The molecule has 1 amide bonds. The first-order chi connectivity index (χ1) is 28.0. The van der Waals surface area contributed by atoms with Crippen LogP contribution in [0.15, 0.2) is 12.2 Å². The zero-order chi connectivity index (χ0) is 41.7. The van der Waals surface area contributed by atoms with Gasteiger partial charge in [-0.15, -0.1) is 0 Å². The molecule has 0 heterocycles. The number of aliphatic hydroxyl groups excluding tert-OH is 2. The summed E-state index contributed by atoms with van der Waals surface area (Å²) in [7, 11) is 0. The van der Waals surface area contributed by atoms with Crippen molar-refractivity contribution >= 4 is 11.9 Å². The molecule has 0 fully saturated rings. The van der Waals surface area contributed by atoms with E-state index in [0.29, 0.717) is 19.3 Å². The zero-order valence-electron chi connectivity index (χ0n) is 38.5. The van der Waals surface area contributed by atoms with Gasteiger partial charge in [-0.3, -0.25) is 9.59 Å². The second-order valence-corrected chi connectivity index (χ2v) is 17.6. The topological polar surface area (TPSA) is 95.9 Å². The summed E-state index contributed by atoms with van der Waals surface area (Å²) in [4.78, 5) is 26.0. The number of nitrogens with one attached hydrogen (secondary N) is 1. The second kappa shape index (κ2) is 45.7. The Labute approximate surface area is 355 Å². The van der Waals surface area contributed by atoms with Crippen LogP contribution in [0.4, 0.5) is 0 Å². The first-order valence-corrected chi connectivity index (χ1v) is 25.4. The summed E-state index contributed by atoms with van der Waals surface area (Å²) in [6, 6.07) is -0.697. The van der Waals surface area contributed by atoms with Crippen molar-refractivity contribution in [2.75, 3.05) is 6.61 Å². The predicted molar refractivity (Wildman–Crippen MR) is 246 cm³/mol. The molecule has 0 aliphatic carbocycles. The van der Waals surface area contributed by atoms with Gasteiger partial charge in [-0.2, -0.15) is 0 Å². The molecule has 6 nitrogen and oxygen atoms in total. The molecular formula is C51H99NO5. The van der Waals surface area contributed by atoms with Gasteiger partial charge in [0.2, 0.25) is 5.91 Å². The molecule has 0 saturated carbocycles. The molecule has 338 valence electrons. The van der Waals surface area contributed by atoms with Crippen molar-refractivity contribution in [2.45, 2.75) is 296 Å². The van der Waals surface area contributed by atoms with Crippen LogP contribution in [0.5, 0.6) is 0 Å². The van der Waals surface area contributed by atoms with E-state index in [1.807, 2.05) is 0 Å². The Morgan fingerprint density at radius 2 is 0.842 bits per heavy atom. The van der Waals surface area contributed by atoms with Crippen LogP contribution in [0.1, 0.15) is 278 Å². The van der Waals surface area contributed by atoms with Crippen molar-refractivity contribution in [3.63, 3.8) is 0 Å². The fraction of sp³-hybridized carbons (Fsp3) is 0.922. The highest BCUT2D eigenvalue weighted by Gasteiger charge is 2.24. The Balaban J connectivity index is 4.51. The molecule has 0 aromatic heterocycles. The molecule has 0 bridgehead atoms. The van der Waals surface area contributed by atoms with E-state index in [4.69, 9.17) is 4.74 Å². The Morgan fingerprint density at radius 3 is 1.25 bits per heavy atom. The fourth-order valence-corrected chi connectivity index (χ4v) is 7.96. The van der Waals surface area contributed by atoms with Crippen molar-refractivity contribution < 1.29 is 24.5 Å². The van der Waals surface area contributed by atoms with E-state index in [1.165, 1.54) is 173 Å². The van der Waals surface area contributed by atoms with Gasteiger partial charge in [-0.25, -0.2) is 0 Å². The Kier molecular flexibility index (Phi) is 44.6. The van der Waals surface area contributed by atoms with E-state index in [1.54, 1.807) is 0 Å². The average molecular weight is 806 g/mol. The molecule has 57 heavy (non-hydrogen) atoms. The first-order valence-electron chi connectivity index (χ1n) is 25.4. The third kappa shape index (κ3) is 41.1. The third-order valence-electron chi connectivity index (χ3n) is 11.8. The number of rotatable bonds is 46. The highest BCUT2D eigenvalue weighted by Crippen LogP contribution is 2.18. The molecule has 3 N–H and O–H groups in total. The SMILES string of the molecule is CCCCCCCC/C=C/CCCCCCCC(CC(=O)NC(CO)C(O)CCCCCCCCCCCCCCCC)OC(=O)CCCCCCCCCCC. The van der Waals surface area contributed by atoms with Crippen molar-refractivity contribution in [1.82, 2.24) is 5.32 Å². The van der Waals surface area contributed by atoms with E-state index in [0.717, 1.165) is 57.8 Å². The second-order valence-electron chi connectivity index (χ2n) is 17.6. The summed E-state index contributed by atoms with van der Waals surface area (Å²) in [5, 5.41) is 23.7. The minimum atomic E-state index is -0.783. The molecule has 3 unspecified atom stereocenters. The van der Waals surface area contributed by atoms with Gasteiger partial charge in [-0.1, -0.05) is 226 Å². The molecule has 0 aliphatic rings. The van der Waals surface area contributed by atoms with E-state index < -0.39 is 18.2 Å². The standard InChI is InChI=1S/C51H99NO5/c1-4-7-10-13-16-19-21-23-25-26-28-31-33-36-39-42-47(57-51(56)44-41-38-35-30-18-15-12-9-6-3)45-50(55)52-48(46-53)49(54)43-40-37-34-32-29-27-24-22-20-17-14-11-8-5-2/h23,25,47-49,53-54H,4-22,24,26-46H2,1-3H3,(H,52,55)/b25-23+. The zero-order valence-corrected chi connectivity index (χ0v) is 38.5. The number of ether oxygens (including phenoxy) is 1. The number of hydrogen-bond acceptors (Lipinski definition) is 5. The molecular weight excluding hydrogens is 707 g/mol. The maximum atomic E-state index is 13.2. The molecule has 0 radical (unpaired) electrons. The van der Waals surface area contributed by atoms with Crippen LogP contribution in [0.3, 0.4) is 0 Å². The van der Waals surface area contributed by atoms with Gasteiger partial charge in [0.05, 0.1) is 25.2 Å². The molecule has 6 heteroatoms. The van der Waals surface area contributed by atoms with E-state index >= 15 is 0 Å². The van der Waals surface area contributed by atoms with Crippen LogP contribution in [0.25, 0.3) is 0 Å². The number of hydrogen-bond donors (Lipinski definition) is 3. The summed E-state index contributed by atoms with van der Waals surface area (Å²) in [5.41, 5.74) is 0. The monoisotopic (exact) mass is 806 g/mol. The number of carbonyl (C=O) groups excluding carboxylic acids is 2. The van der Waals surface area contributed by atoms with E-state index in [-0.39, 0.29) is 24.9 Å². The maximum Gasteiger partial charge on any atom is 0.306 e. The molecule has 0 aliphatic heterocycles. The Hall–Kier alpha value is -1.40. The van der Waals surface area contributed by atoms with E-state index in [2.05, 4.69) is 38.2 Å². The number of esters is 1. The summed E-state index contributed by atoms with van der Waals surface area (Å²) in [5.74, 6) is -0.470. The van der Waals surface area contributed by atoms with E-state index in [9.17, 15) is 19.8 Å². The quantitative estimate of drug-likeness (QED) is 0.0323. The first kappa shape index (κ1) is 55.6. The lowest BCUT2D eigenvalue weighted by Gasteiger charge is -2.24. The Bertz CT molecular complexity index is 863. The molecule has 0 spiro atoms. The smallest absolute Gasteiger partial charge is 0.306 e. The molecule has 0 aromatic rings. The van der Waals surface area contributed by atoms with Gasteiger partial charge in [0.25, 0.3) is 0 Å². The van der Waals surface area contributed by atoms with Crippen molar-refractivity contribution in [3.05, 3.63) is 12.2 Å². The third-order valence-corrected chi connectivity index (χ3v) is 11.8. The largest absolute Gasteiger partial charge is 0.462 e. The summed E-state index contributed by atoms with van der Waals surface area (Å²) in [6.45, 7) is 6.48. The lowest BCUT2D eigenvalue weighted by atomic mass is 10.0. The van der Waals surface area contributed by atoms with Crippen molar-refractivity contribution in [1.29, 1.82) is 0 Å².